The number of piperidine rings is 1. The molecular formula is C26H24Cl2F2N4O3. The fourth-order valence-corrected chi connectivity index (χ4v) is 5.26. The molecule has 194 valence electrons. The first-order valence-electron chi connectivity index (χ1n) is 11.8. The van der Waals surface area contributed by atoms with Crippen molar-refractivity contribution >= 4 is 35.0 Å². The van der Waals surface area contributed by atoms with E-state index in [0.29, 0.717) is 42.8 Å². The fraction of sp³-hybridized carbons (Fsp3) is 0.346. The number of hydrogen-bond donors (Lipinski definition) is 0. The van der Waals surface area contributed by atoms with E-state index in [-0.39, 0.29) is 29.0 Å². The summed E-state index contributed by atoms with van der Waals surface area (Å²) in [5.41, 5.74) is -0.474. The van der Waals surface area contributed by atoms with E-state index in [1.165, 1.54) is 11.7 Å². The van der Waals surface area contributed by atoms with Gasteiger partial charge < -0.3 is 14.5 Å². The number of alkyl halides is 2. The summed E-state index contributed by atoms with van der Waals surface area (Å²) in [6.07, 6.45) is 2.82. The molecule has 5 rings (SSSR count). The molecule has 0 saturated carbocycles. The molecule has 0 radical (unpaired) electrons. The Kier molecular flexibility index (Phi) is 6.62. The van der Waals surface area contributed by atoms with Crippen molar-refractivity contribution in [2.24, 2.45) is 7.05 Å². The monoisotopic (exact) mass is 548 g/mol. The molecule has 0 unspecified atom stereocenters. The van der Waals surface area contributed by atoms with Gasteiger partial charge in [-0.1, -0.05) is 47.5 Å². The van der Waals surface area contributed by atoms with Crippen LogP contribution in [0.3, 0.4) is 0 Å². The molecule has 2 amide bonds. The van der Waals surface area contributed by atoms with E-state index < -0.39 is 23.0 Å². The molecule has 3 heterocycles. The summed E-state index contributed by atoms with van der Waals surface area (Å²) in [5.74, 6) is -4.80. The van der Waals surface area contributed by atoms with Crippen LogP contribution in [0.5, 0.6) is 5.75 Å². The number of para-hydroxylation sites is 1. The van der Waals surface area contributed by atoms with E-state index in [9.17, 15) is 9.59 Å². The number of nitrogens with zero attached hydrogens (tertiary/aromatic N) is 4. The minimum absolute atomic E-state index is 0.0205. The van der Waals surface area contributed by atoms with Crippen molar-refractivity contribution in [1.29, 1.82) is 0 Å². The predicted molar refractivity (Wildman–Crippen MR) is 134 cm³/mol. The SMILES string of the molecule is Cn1cc(C(F)(F)C(=O)N2Cc3ccccc3OC3(CCN(C(=O)c4cccc(Cl)c4Cl)CC3)C2)cn1. The molecule has 2 aliphatic rings. The summed E-state index contributed by atoms with van der Waals surface area (Å²) in [5, 5.41) is 4.27. The van der Waals surface area contributed by atoms with Gasteiger partial charge in [0.1, 0.15) is 11.4 Å². The second-order valence-corrected chi connectivity index (χ2v) is 10.2. The number of likely N-dealkylation sites (tertiary alicyclic amines) is 1. The van der Waals surface area contributed by atoms with Gasteiger partial charge in [0.2, 0.25) is 0 Å². The Labute approximate surface area is 222 Å². The zero-order valence-corrected chi connectivity index (χ0v) is 21.5. The van der Waals surface area contributed by atoms with Crippen molar-refractivity contribution in [2.45, 2.75) is 30.9 Å². The highest BCUT2D eigenvalue weighted by molar-refractivity contribution is 6.43. The average molecular weight is 549 g/mol. The zero-order chi connectivity index (χ0) is 26.4. The molecule has 1 saturated heterocycles. The molecule has 7 nitrogen and oxygen atoms in total. The van der Waals surface area contributed by atoms with Crippen LogP contribution in [-0.2, 0) is 24.3 Å². The van der Waals surface area contributed by atoms with Crippen LogP contribution in [-0.4, -0.2) is 56.6 Å². The van der Waals surface area contributed by atoms with Crippen molar-refractivity contribution < 1.29 is 23.1 Å². The largest absolute Gasteiger partial charge is 0.485 e. The molecule has 2 aliphatic heterocycles. The van der Waals surface area contributed by atoms with E-state index in [4.69, 9.17) is 27.9 Å². The minimum atomic E-state index is -3.76. The Morgan fingerprint density at radius 3 is 2.49 bits per heavy atom. The molecule has 1 aromatic heterocycles. The molecule has 1 fully saturated rings. The van der Waals surface area contributed by atoms with Gasteiger partial charge in [0.25, 0.3) is 11.8 Å². The van der Waals surface area contributed by atoms with Crippen LogP contribution in [0, 0.1) is 0 Å². The van der Waals surface area contributed by atoms with Crippen LogP contribution in [0.1, 0.15) is 34.3 Å². The van der Waals surface area contributed by atoms with Crippen LogP contribution in [0.2, 0.25) is 10.0 Å². The third-order valence-electron chi connectivity index (χ3n) is 6.91. The number of carbonyl (C=O) groups is 2. The number of aromatic nitrogens is 2. The third kappa shape index (κ3) is 4.78. The van der Waals surface area contributed by atoms with Crippen LogP contribution >= 0.6 is 23.2 Å². The van der Waals surface area contributed by atoms with Crippen LogP contribution in [0.25, 0.3) is 0 Å². The number of fused-ring (bicyclic) bond motifs is 1. The van der Waals surface area contributed by atoms with Gasteiger partial charge in [-0.25, -0.2) is 0 Å². The molecule has 1 spiro atoms. The second kappa shape index (κ2) is 9.61. The number of rotatable bonds is 3. The number of carbonyl (C=O) groups excluding carboxylic acids is 2. The van der Waals surface area contributed by atoms with Gasteiger partial charge in [0, 0.05) is 51.3 Å². The van der Waals surface area contributed by atoms with Gasteiger partial charge in [-0.05, 0) is 18.2 Å². The molecular weight excluding hydrogens is 525 g/mol. The van der Waals surface area contributed by atoms with Crippen molar-refractivity contribution in [2.75, 3.05) is 19.6 Å². The van der Waals surface area contributed by atoms with Crippen LogP contribution < -0.4 is 4.74 Å². The molecule has 0 aliphatic carbocycles. The van der Waals surface area contributed by atoms with Crippen molar-refractivity contribution in [3.63, 3.8) is 0 Å². The maximum absolute atomic E-state index is 15.3. The maximum atomic E-state index is 15.3. The lowest BCUT2D eigenvalue weighted by Gasteiger charge is -2.43. The first kappa shape index (κ1) is 25.5. The molecule has 0 atom stereocenters. The Morgan fingerprint density at radius 1 is 1.05 bits per heavy atom. The van der Waals surface area contributed by atoms with Gasteiger partial charge in [-0.3, -0.25) is 14.3 Å². The topological polar surface area (TPSA) is 67.7 Å². The van der Waals surface area contributed by atoms with Gasteiger partial charge in [-0.2, -0.15) is 13.9 Å². The highest BCUT2D eigenvalue weighted by Crippen LogP contribution is 2.39. The summed E-state index contributed by atoms with van der Waals surface area (Å²) in [6.45, 7) is 0.527. The Bertz CT molecular complexity index is 1360. The second-order valence-electron chi connectivity index (χ2n) is 9.42. The van der Waals surface area contributed by atoms with Gasteiger partial charge >= 0.3 is 5.92 Å². The number of ether oxygens (including phenoxy) is 1. The van der Waals surface area contributed by atoms with Crippen molar-refractivity contribution in [1.82, 2.24) is 19.6 Å². The Morgan fingerprint density at radius 2 is 1.78 bits per heavy atom. The number of aryl methyl sites for hydroxylation is 1. The summed E-state index contributed by atoms with van der Waals surface area (Å²) >= 11 is 12.3. The molecule has 0 bridgehead atoms. The number of halogens is 4. The minimum Gasteiger partial charge on any atom is -0.485 e. The average Bonchev–Trinajstić information content (AvgIpc) is 3.26. The zero-order valence-electron chi connectivity index (χ0n) is 20.0. The first-order chi connectivity index (χ1) is 17.6. The van der Waals surface area contributed by atoms with Crippen molar-refractivity contribution in [3.8, 4) is 5.75 Å². The fourth-order valence-electron chi connectivity index (χ4n) is 4.87. The molecule has 0 N–H and O–H groups in total. The van der Waals surface area contributed by atoms with Crippen molar-refractivity contribution in [3.05, 3.63) is 81.6 Å². The van der Waals surface area contributed by atoms with Gasteiger partial charge in [-0.15, -0.1) is 0 Å². The van der Waals surface area contributed by atoms with E-state index in [1.54, 1.807) is 47.4 Å². The van der Waals surface area contributed by atoms with Gasteiger partial charge in [0.15, 0.2) is 0 Å². The van der Waals surface area contributed by atoms with Crippen LogP contribution in [0.4, 0.5) is 8.78 Å². The van der Waals surface area contributed by atoms with Gasteiger partial charge in [0.05, 0.1) is 33.9 Å². The third-order valence-corrected chi connectivity index (χ3v) is 7.73. The normalized spacial score (nSPS) is 17.2. The lowest BCUT2D eigenvalue weighted by molar-refractivity contribution is -0.162. The molecule has 3 aromatic rings. The standard InChI is InChI=1S/C26H24Cl2F2N4O3/c1-32-15-18(13-31-32)26(29,30)24(36)34-14-17-5-2-3-8-21(17)37-25(16-34)9-11-33(12-10-25)23(35)19-6-4-7-20(27)22(19)28/h2-8,13,15H,9-12,14,16H2,1H3. The Hall–Kier alpha value is -3.17. The number of hydrogen-bond acceptors (Lipinski definition) is 4. The van der Waals surface area contributed by atoms with Crippen LogP contribution in [0.15, 0.2) is 54.9 Å². The highest BCUT2D eigenvalue weighted by atomic mass is 35.5. The number of benzene rings is 2. The lowest BCUT2D eigenvalue weighted by Crippen LogP contribution is -2.56. The molecule has 37 heavy (non-hydrogen) atoms. The summed E-state index contributed by atoms with van der Waals surface area (Å²) in [6, 6.07) is 12.0. The summed E-state index contributed by atoms with van der Waals surface area (Å²) < 4.78 is 38.2. The molecule has 11 heteroatoms. The predicted octanol–water partition coefficient (Wildman–Crippen LogP) is 4.91. The quantitative estimate of drug-likeness (QED) is 0.466. The summed E-state index contributed by atoms with van der Waals surface area (Å²) in [7, 11) is 1.51. The first-order valence-corrected chi connectivity index (χ1v) is 12.5. The molecule has 2 aromatic carbocycles. The van der Waals surface area contributed by atoms with E-state index >= 15 is 8.78 Å². The lowest BCUT2D eigenvalue weighted by atomic mass is 9.89. The smallest absolute Gasteiger partial charge is 0.352 e. The van der Waals surface area contributed by atoms with E-state index in [1.807, 2.05) is 0 Å². The summed E-state index contributed by atoms with van der Waals surface area (Å²) in [4.78, 5) is 29.2. The van der Waals surface area contributed by atoms with E-state index in [2.05, 4.69) is 5.10 Å². The van der Waals surface area contributed by atoms with E-state index in [0.717, 1.165) is 17.3 Å². The highest BCUT2D eigenvalue weighted by Gasteiger charge is 2.49. The Balaban J connectivity index is 1.41. The maximum Gasteiger partial charge on any atom is 0.352 e. The number of amides is 2.